The molecule has 1 unspecified atom stereocenters. The fourth-order valence-electron chi connectivity index (χ4n) is 3.90. The zero-order valence-corrected chi connectivity index (χ0v) is 19.8. The molecular formula is C27H24BrNO4. The van der Waals surface area contributed by atoms with Crippen molar-refractivity contribution in [3.05, 3.63) is 106 Å². The van der Waals surface area contributed by atoms with Crippen molar-refractivity contribution in [3.8, 4) is 5.75 Å². The van der Waals surface area contributed by atoms with Crippen molar-refractivity contribution in [1.82, 2.24) is 4.90 Å². The summed E-state index contributed by atoms with van der Waals surface area (Å²) < 4.78 is 6.49. The van der Waals surface area contributed by atoms with Gasteiger partial charge < -0.3 is 14.7 Å². The highest BCUT2D eigenvalue weighted by Gasteiger charge is 2.46. The van der Waals surface area contributed by atoms with E-state index < -0.39 is 17.7 Å². The van der Waals surface area contributed by atoms with Crippen LogP contribution in [0.15, 0.2) is 88.9 Å². The van der Waals surface area contributed by atoms with Gasteiger partial charge in [-0.05, 0) is 53.9 Å². The molecule has 0 aromatic heterocycles. The van der Waals surface area contributed by atoms with Crippen molar-refractivity contribution in [2.75, 3.05) is 6.61 Å². The second-order valence-electron chi connectivity index (χ2n) is 7.84. The maximum atomic E-state index is 13.1. The number of carbonyl (C=O) groups excluding carboxylic acids is 2. The number of halogens is 1. The highest BCUT2D eigenvalue weighted by Crippen LogP contribution is 2.40. The Balaban J connectivity index is 1.78. The lowest BCUT2D eigenvalue weighted by atomic mass is 9.95. The van der Waals surface area contributed by atoms with Crippen LogP contribution < -0.4 is 4.74 Å². The first kappa shape index (κ1) is 22.8. The molecule has 5 nitrogen and oxygen atoms in total. The quantitative estimate of drug-likeness (QED) is 0.248. The van der Waals surface area contributed by atoms with E-state index >= 15 is 0 Å². The van der Waals surface area contributed by atoms with Crippen LogP contribution in [0.25, 0.3) is 5.76 Å². The van der Waals surface area contributed by atoms with Gasteiger partial charge in [-0.25, -0.2) is 0 Å². The number of rotatable bonds is 7. The van der Waals surface area contributed by atoms with Crippen LogP contribution in [0.2, 0.25) is 0 Å². The highest BCUT2D eigenvalue weighted by atomic mass is 79.9. The van der Waals surface area contributed by atoms with Crippen molar-refractivity contribution in [1.29, 1.82) is 0 Å². The van der Waals surface area contributed by atoms with E-state index in [0.717, 1.165) is 22.0 Å². The predicted molar refractivity (Wildman–Crippen MR) is 131 cm³/mol. The fraction of sp³-hybridized carbons (Fsp3) is 0.185. The molecule has 1 aliphatic rings. The van der Waals surface area contributed by atoms with Crippen LogP contribution in [0.1, 0.15) is 36.1 Å². The zero-order chi connectivity index (χ0) is 23.4. The third kappa shape index (κ3) is 4.86. The van der Waals surface area contributed by atoms with Crippen LogP contribution in [-0.4, -0.2) is 28.3 Å². The summed E-state index contributed by atoms with van der Waals surface area (Å²) in [5.74, 6) is -0.833. The standard InChI is InChI=1S/C27H24BrNO4/c1-2-16-33-22-14-10-20(11-15-22)25(30)23-24(19-8-12-21(28)13-9-19)29(27(32)26(23)31)17-18-6-4-3-5-7-18/h3-15,24,30H,2,16-17H2,1H3/b25-23+. The van der Waals surface area contributed by atoms with Gasteiger partial charge in [0, 0.05) is 16.6 Å². The summed E-state index contributed by atoms with van der Waals surface area (Å²) in [6.07, 6.45) is 0.889. The zero-order valence-electron chi connectivity index (χ0n) is 18.2. The van der Waals surface area contributed by atoms with Crippen molar-refractivity contribution in [2.24, 2.45) is 0 Å². The van der Waals surface area contributed by atoms with Gasteiger partial charge in [0.05, 0.1) is 18.2 Å². The van der Waals surface area contributed by atoms with Crippen molar-refractivity contribution >= 4 is 33.4 Å². The van der Waals surface area contributed by atoms with Gasteiger partial charge >= 0.3 is 0 Å². The third-order valence-electron chi connectivity index (χ3n) is 5.52. The molecule has 3 aromatic rings. The second-order valence-corrected chi connectivity index (χ2v) is 8.75. The lowest BCUT2D eigenvalue weighted by molar-refractivity contribution is -0.140. The number of ether oxygens (including phenoxy) is 1. The number of ketones is 1. The third-order valence-corrected chi connectivity index (χ3v) is 6.05. The molecule has 0 radical (unpaired) electrons. The molecule has 1 atom stereocenters. The van der Waals surface area contributed by atoms with Crippen LogP contribution in [0.5, 0.6) is 5.75 Å². The molecular weight excluding hydrogens is 482 g/mol. The number of hydrogen-bond acceptors (Lipinski definition) is 4. The number of Topliss-reactive ketones (excluding diaryl/α,β-unsaturated/α-hetero) is 1. The predicted octanol–water partition coefficient (Wildman–Crippen LogP) is 5.86. The van der Waals surface area contributed by atoms with Gasteiger partial charge in [0.1, 0.15) is 11.5 Å². The summed E-state index contributed by atoms with van der Waals surface area (Å²) in [5.41, 5.74) is 2.19. The summed E-state index contributed by atoms with van der Waals surface area (Å²) >= 11 is 3.43. The Bertz CT molecular complexity index is 1170. The maximum absolute atomic E-state index is 13.1. The second kappa shape index (κ2) is 10.0. The first-order valence-corrected chi connectivity index (χ1v) is 11.6. The minimum atomic E-state index is -0.700. The number of carbonyl (C=O) groups is 2. The van der Waals surface area contributed by atoms with E-state index in [0.29, 0.717) is 17.9 Å². The SMILES string of the molecule is CCCOc1ccc(/C(O)=C2\C(=O)C(=O)N(Cc3ccccc3)C2c2ccc(Br)cc2)cc1. The van der Waals surface area contributed by atoms with Gasteiger partial charge in [0.25, 0.3) is 11.7 Å². The molecule has 1 amide bonds. The summed E-state index contributed by atoms with van der Waals surface area (Å²) in [6, 6.07) is 23.1. The lowest BCUT2D eigenvalue weighted by Crippen LogP contribution is -2.29. The molecule has 1 aliphatic heterocycles. The van der Waals surface area contributed by atoms with Crippen molar-refractivity contribution < 1.29 is 19.4 Å². The molecule has 0 spiro atoms. The minimum Gasteiger partial charge on any atom is -0.507 e. The molecule has 0 bridgehead atoms. The van der Waals surface area contributed by atoms with Crippen LogP contribution in [0.3, 0.4) is 0 Å². The summed E-state index contributed by atoms with van der Waals surface area (Å²) in [6.45, 7) is 2.88. The molecule has 1 N–H and O–H groups in total. The molecule has 1 saturated heterocycles. The van der Waals surface area contributed by atoms with Crippen LogP contribution in [-0.2, 0) is 16.1 Å². The first-order chi connectivity index (χ1) is 16.0. The Morgan fingerprint density at radius 1 is 0.970 bits per heavy atom. The van der Waals surface area contributed by atoms with Crippen molar-refractivity contribution in [3.63, 3.8) is 0 Å². The van der Waals surface area contributed by atoms with Crippen molar-refractivity contribution in [2.45, 2.75) is 25.9 Å². The molecule has 6 heteroatoms. The Kier molecular flexibility index (Phi) is 6.94. The number of amides is 1. The van der Waals surface area contributed by atoms with E-state index in [2.05, 4.69) is 15.9 Å². The molecule has 3 aromatic carbocycles. The molecule has 4 rings (SSSR count). The Morgan fingerprint density at radius 2 is 1.64 bits per heavy atom. The average Bonchev–Trinajstić information content (AvgIpc) is 3.08. The Hall–Kier alpha value is -3.38. The summed E-state index contributed by atoms with van der Waals surface area (Å²) in [7, 11) is 0. The van der Waals surface area contributed by atoms with Crippen LogP contribution in [0, 0.1) is 0 Å². The molecule has 1 heterocycles. The number of aliphatic hydroxyl groups excluding tert-OH is 1. The van der Waals surface area contributed by atoms with Gasteiger partial charge in [-0.1, -0.05) is 65.3 Å². The molecule has 33 heavy (non-hydrogen) atoms. The van der Waals surface area contributed by atoms with E-state index in [1.54, 1.807) is 24.3 Å². The maximum Gasteiger partial charge on any atom is 0.295 e. The Labute approximate surface area is 201 Å². The lowest BCUT2D eigenvalue weighted by Gasteiger charge is -2.25. The largest absolute Gasteiger partial charge is 0.507 e. The number of aliphatic hydroxyl groups is 1. The van der Waals surface area contributed by atoms with E-state index in [1.807, 2.05) is 61.5 Å². The van der Waals surface area contributed by atoms with Gasteiger partial charge in [-0.3, -0.25) is 9.59 Å². The number of hydrogen-bond donors (Lipinski definition) is 1. The highest BCUT2D eigenvalue weighted by molar-refractivity contribution is 9.10. The van der Waals surface area contributed by atoms with Gasteiger partial charge in [-0.15, -0.1) is 0 Å². The number of nitrogens with zero attached hydrogens (tertiary/aromatic N) is 1. The smallest absolute Gasteiger partial charge is 0.295 e. The van der Waals surface area contributed by atoms with Gasteiger partial charge in [0.15, 0.2) is 0 Å². The molecule has 0 saturated carbocycles. The minimum absolute atomic E-state index is 0.0838. The number of likely N-dealkylation sites (tertiary alicyclic amines) is 1. The monoisotopic (exact) mass is 505 g/mol. The molecule has 1 fully saturated rings. The number of benzene rings is 3. The van der Waals surface area contributed by atoms with Crippen LogP contribution in [0.4, 0.5) is 0 Å². The molecule has 0 aliphatic carbocycles. The topological polar surface area (TPSA) is 66.8 Å². The van der Waals surface area contributed by atoms with E-state index in [1.165, 1.54) is 4.90 Å². The first-order valence-electron chi connectivity index (χ1n) is 10.8. The van der Waals surface area contributed by atoms with Crippen LogP contribution >= 0.6 is 15.9 Å². The van der Waals surface area contributed by atoms with E-state index in [-0.39, 0.29) is 17.9 Å². The summed E-state index contributed by atoms with van der Waals surface area (Å²) in [4.78, 5) is 27.7. The average molecular weight is 506 g/mol. The normalized spacial score (nSPS) is 17.4. The molecule has 168 valence electrons. The van der Waals surface area contributed by atoms with Gasteiger partial charge in [0.2, 0.25) is 0 Å². The Morgan fingerprint density at radius 3 is 2.27 bits per heavy atom. The van der Waals surface area contributed by atoms with E-state index in [4.69, 9.17) is 4.74 Å². The van der Waals surface area contributed by atoms with Gasteiger partial charge in [-0.2, -0.15) is 0 Å². The fourth-order valence-corrected chi connectivity index (χ4v) is 4.16. The summed E-state index contributed by atoms with van der Waals surface area (Å²) in [5, 5.41) is 11.2. The van der Waals surface area contributed by atoms with E-state index in [9.17, 15) is 14.7 Å².